The van der Waals surface area contributed by atoms with Gasteiger partial charge in [0.1, 0.15) is 0 Å². The topological polar surface area (TPSA) is 139 Å². The first kappa shape index (κ1) is 29.9. The SMILES string of the molecule is CCOC(=O)COc1c(Br)cc(/C=c2\sc3n(c2=O)[C@H](c2ccc(C)cc2)C(C(=O)OCC)=C(C)N=3)cc1[N+](=O)[O-]. The van der Waals surface area contributed by atoms with E-state index in [9.17, 15) is 24.5 Å². The Morgan fingerprint density at radius 1 is 1.15 bits per heavy atom. The van der Waals surface area contributed by atoms with Gasteiger partial charge in [0.05, 0.1) is 44.5 Å². The van der Waals surface area contributed by atoms with Crippen molar-refractivity contribution in [3.63, 3.8) is 0 Å². The van der Waals surface area contributed by atoms with E-state index in [1.165, 1.54) is 16.7 Å². The van der Waals surface area contributed by atoms with E-state index in [2.05, 4.69) is 20.9 Å². The number of hydrogen-bond donors (Lipinski definition) is 0. The summed E-state index contributed by atoms with van der Waals surface area (Å²) in [5, 5.41) is 11.8. The number of carbonyl (C=O) groups excluding carboxylic acids is 2. The Balaban J connectivity index is 1.85. The normalized spacial score (nSPS) is 14.8. The second-order valence-corrected chi connectivity index (χ2v) is 10.8. The van der Waals surface area contributed by atoms with Crippen LogP contribution in [0.1, 0.15) is 43.5 Å². The van der Waals surface area contributed by atoms with Gasteiger partial charge in [0.25, 0.3) is 5.56 Å². The number of aryl methyl sites for hydroxylation is 1. The van der Waals surface area contributed by atoms with Crippen molar-refractivity contribution in [1.82, 2.24) is 4.57 Å². The molecule has 4 rings (SSSR count). The molecule has 0 N–H and O–H groups in total. The molecule has 0 bridgehead atoms. The fourth-order valence-corrected chi connectivity index (χ4v) is 5.93. The number of halogens is 1. The van der Waals surface area contributed by atoms with E-state index in [-0.39, 0.29) is 33.5 Å². The maximum Gasteiger partial charge on any atom is 0.344 e. The number of carbonyl (C=O) groups is 2. The number of nitrogens with zero attached hydrogens (tertiary/aromatic N) is 3. The van der Waals surface area contributed by atoms with Crippen LogP contribution >= 0.6 is 27.3 Å². The molecule has 0 unspecified atom stereocenters. The molecule has 1 atom stereocenters. The molecule has 0 aliphatic carbocycles. The van der Waals surface area contributed by atoms with Gasteiger partial charge in [-0.1, -0.05) is 41.2 Å². The summed E-state index contributed by atoms with van der Waals surface area (Å²) in [6, 6.07) is 9.51. The standard InChI is InChI=1S/C28H26BrN3O8S/c1-5-38-22(33)14-40-25-19(29)11-17(12-20(25)32(36)37)13-21-26(34)31-24(18-9-7-15(3)8-10-18)23(27(35)39-6-2)16(4)30-28(31)41-21/h7-13,24H,5-6,14H2,1-4H3/b21-13-/t24-/m1/s1. The molecule has 1 aliphatic heterocycles. The quantitative estimate of drug-likeness (QED) is 0.195. The highest BCUT2D eigenvalue weighted by Gasteiger charge is 2.33. The van der Waals surface area contributed by atoms with Gasteiger partial charge in [-0.3, -0.25) is 19.5 Å². The Morgan fingerprint density at radius 3 is 2.46 bits per heavy atom. The third-order valence-electron chi connectivity index (χ3n) is 6.09. The lowest BCUT2D eigenvalue weighted by atomic mass is 9.95. The molecule has 0 saturated heterocycles. The Hall–Kier alpha value is -4.10. The van der Waals surface area contributed by atoms with Crippen molar-refractivity contribution >= 4 is 51.0 Å². The molecule has 0 radical (unpaired) electrons. The van der Waals surface area contributed by atoms with Crippen LogP contribution in [0.2, 0.25) is 0 Å². The van der Waals surface area contributed by atoms with Crippen LogP contribution in [0.4, 0.5) is 5.69 Å². The van der Waals surface area contributed by atoms with Gasteiger partial charge in [0.2, 0.25) is 5.75 Å². The van der Waals surface area contributed by atoms with Crippen LogP contribution in [0.5, 0.6) is 5.75 Å². The van der Waals surface area contributed by atoms with Gasteiger partial charge in [-0.2, -0.15) is 0 Å². The maximum absolute atomic E-state index is 13.8. The highest BCUT2D eigenvalue weighted by molar-refractivity contribution is 9.10. The summed E-state index contributed by atoms with van der Waals surface area (Å²) in [4.78, 5) is 54.6. The molecular formula is C28H26BrN3O8S. The largest absolute Gasteiger partial charge is 0.474 e. The van der Waals surface area contributed by atoms with E-state index in [0.717, 1.165) is 16.9 Å². The minimum absolute atomic E-state index is 0.143. The smallest absolute Gasteiger partial charge is 0.344 e. The molecule has 2 aromatic carbocycles. The third kappa shape index (κ3) is 6.30. The molecule has 11 nitrogen and oxygen atoms in total. The molecule has 0 spiro atoms. The Bertz CT molecular complexity index is 1740. The average molecular weight is 644 g/mol. The van der Waals surface area contributed by atoms with E-state index in [4.69, 9.17) is 14.2 Å². The first-order valence-corrected chi connectivity index (χ1v) is 14.2. The number of nitro groups is 1. The molecule has 214 valence electrons. The van der Waals surface area contributed by atoms with Crippen molar-refractivity contribution in [2.45, 2.75) is 33.7 Å². The van der Waals surface area contributed by atoms with E-state index in [0.29, 0.717) is 21.6 Å². The highest BCUT2D eigenvalue weighted by Crippen LogP contribution is 2.37. The van der Waals surface area contributed by atoms with Gasteiger partial charge in [0.15, 0.2) is 11.4 Å². The molecule has 0 fully saturated rings. The lowest BCUT2D eigenvalue weighted by Gasteiger charge is -2.24. The summed E-state index contributed by atoms with van der Waals surface area (Å²) in [7, 11) is 0. The van der Waals surface area contributed by atoms with E-state index < -0.39 is 40.8 Å². The molecule has 13 heteroatoms. The zero-order valence-electron chi connectivity index (χ0n) is 22.6. The lowest BCUT2D eigenvalue weighted by molar-refractivity contribution is -0.385. The summed E-state index contributed by atoms with van der Waals surface area (Å²) < 4.78 is 17.4. The molecular weight excluding hydrogens is 618 g/mol. The second kappa shape index (κ2) is 12.6. The molecule has 1 aliphatic rings. The molecule has 0 saturated carbocycles. The second-order valence-electron chi connectivity index (χ2n) is 8.91. The van der Waals surface area contributed by atoms with Crippen LogP contribution < -0.4 is 19.6 Å². The maximum atomic E-state index is 13.8. The third-order valence-corrected chi connectivity index (χ3v) is 7.66. The fourth-order valence-electron chi connectivity index (χ4n) is 4.30. The Morgan fingerprint density at radius 2 is 1.83 bits per heavy atom. The van der Waals surface area contributed by atoms with E-state index in [1.807, 2.05) is 31.2 Å². The zero-order chi connectivity index (χ0) is 29.8. The van der Waals surface area contributed by atoms with Crippen LogP contribution in [0.15, 0.2) is 61.9 Å². The molecule has 1 aromatic heterocycles. The minimum Gasteiger partial charge on any atom is -0.474 e. The van der Waals surface area contributed by atoms with Gasteiger partial charge < -0.3 is 14.2 Å². The van der Waals surface area contributed by atoms with Gasteiger partial charge in [-0.15, -0.1) is 0 Å². The zero-order valence-corrected chi connectivity index (χ0v) is 25.0. The summed E-state index contributed by atoms with van der Waals surface area (Å²) in [6.07, 6.45) is 1.51. The van der Waals surface area contributed by atoms with Gasteiger partial charge >= 0.3 is 17.6 Å². The average Bonchev–Trinajstić information content (AvgIpc) is 3.21. The van der Waals surface area contributed by atoms with Crippen molar-refractivity contribution < 1.29 is 28.7 Å². The number of nitro benzene ring substituents is 1. The number of rotatable bonds is 9. The number of thiazole rings is 1. The number of fused-ring (bicyclic) bond motifs is 1. The van der Waals surface area contributed by atoms with Crippen molar-refractivity contribution in [3.8, 4) is 5.75 Å². The number of allylic oxidation sites excluding steroid dienone is 1. The molecule has 0 amide bonds. The summed E-state index contributed by atoms with van der Waals surface area (Å²) in [5.74, 6) is -1.37. The van der Waals surface area contributed by atoms with Crippen molar-refractivity contribution in [1.29, 1.82) is 0 Å². The predicted molar refractivity (Wildman–Crippen MR) is 155 cm³/mol. The lowest BCUT2D eigenvalue weighted by Crippen LogP contribution is -2.39. The van der Waals surface area contributed by atoms with Crippen molar-refractivity contribution in [3.05, 3.63) is 98.6 Å². The first-order chi connectivity index (χ1) is 19.5. The van der Waals surface area contributed by atoms with Crippen LogP contribution in [-0.2, 0) is 19.1 Å². The van der Waals surface area contributed by atoms with Gasteiger partial charge in [-0.25, -0.2) is 14.6 Å². The minimum atomic E-state index is -0.771. The molecule has 3 aromatic rings. The highest BCUT2D eigenvalue weighted by atomic mass is 79.9. The van der Waals surface area contributed by atoms with Gasteiger partial charge in [-0.05, 0) is 66.9 Å². The van der Waals surface area contributed by atoms with Crippen LogP contribution in [0.25, 0.3) is 6.08 Å². The van der Waals surface area contributed by atoms with E-state index in [1.54, 1.807) is 26.8 Å². The van der Waals surface area contributed by atoms with Crippen LogP contribution in [0, 0.1) is 17.0 Å². The Kier molecular flexibility index (Phi) is 9.18. The van der Waals surface area contributed by atoms with Crippen LogP contribution in [0.3, 0.4) is 0 Å². The molecule has 41 heavy (non-hydrogen) atoms. The first-order valence-electron chi connectivity index (χ1n) is 12.6. The number of esters is 2. The number of aromatic nitrogens is 1. The summed E-state index contributed by atoms with van der Waals surface area (Å²) in [5.41, 5.74) is 1.93. The Labute approximate surface area is 246 Å². The number of benzene rings is 2. The van der Waals surface area contributed by atoms with E-state index >= 15 is 0 Å². The monoisotopic (exact) mass is 643 g/mol. The van der Waals surface area contributed by atoms with Gasteiger partial charge in [0, 0.05) is 6.07 Å². The number of ether oxygens (including phenoxy) is 3. The van der Waals surface area contributed by atoms with Crippen LogP contribution in [-0.4, -0.2) is 41.2 Å². The van der Waals surface area contributed by atoms with Crippen molar-refractivity contribution in [2.75, 3.05) is 19.8 Å². The predicted octanol–water partition coefficient (Wildman–Crippen LogP) is 3.72. The summed E-state index contributed by atoms with van der Waals surface area (Å²) in [6.45, 7) is 6.77. The summed E-state index contributed by atoms with van der Waals surface area (Å²) >= 11 is 4.38. The number of hydrogen-bond acceptors (Lipinski definition) is 10. The fraction of sp³-hybridized carbons (Fsp3) is 0.286. The molecule has 2 heterocycles. The van der Waals surface area contributed by atoms with Crippen molar-refractivity contribution in [2.24, 2.45) is 4.99 Å².